The maximum atomic E-state index is 10.7. The highest BCUT2D eigenvalue weighted by atomic mass is 35.5. The summed E-state index contributed by atoms with van der Waals surface area (Å²) in [5, 5.41) is 11.0. The molecule has 0 aromatic carbocycles. The van der Waals surface area contributed by atoms with E-state index in [4.69, 9.17) is 11.6 Å². The minimum Gasteiger partial charge on any atom is -0.355 e. The van der Waals surface area contributed by atoms with Gasteiger partial charge in [0.25, 0.3) is 5.69 Å². The summed E-state index contributed by atoms with van der Waals surface area (Å²) in [4.78, 5) is 16.5. The van der Waals surface area contributed by atoms with Crippen LogP contribution < -0.4 is 4.90 Å². The van der Waals surface area contributed by atoms with Crippen LogP contribution in [0, 0.1) is 15.5 Å². The first kappa shape index (κ1) is 14.1. The van der Waals surface area contributed by atoms with Gasteiger partial charge in [-0.1, -0.05) is 25.4 Å². The Morgan fingerprint density at radius 2 is 2.16 bits per heavy atom. The average molecular weight is 284 g/mol. The van der Waals surface area contributed by atoms with Crippen LogP contribution in [0.25, 0.3) is 0 Å². The fraction of sp³-hybridized carbons (Fsp3) is 0.615. The van der Waals surface area contributed by atoms with Crippen LogP contribution in [0.15, 0.2) is 12.3 Å². The topological polar surface area (TPSA) is 59.3 Å². The van der Waals surface area contributed by atoms with Crippen molar-refractivity contribution in [1.82, 2.24) is 4.98 Å². The van der Waals surface area contributed by atoms with Crippen LogP contribution in [-0.2, 0) is 0 Å². The van der Waals surface area contributed by atoms with Gasteiger partial charge in [-0.25, -0.2) is 4.98 Å². The number of halogens is 1. The van der Waals surface area contributed by atoms with Crippen molar-refractivity contribution in [2.24, 2.45) is 5.41 Å². The van der Waals surface area contributed by atoms with Crippen LogP contribution in [0.4, 0.5) is 11.5 Å². The van der Waals surface area contributed by atoms with Gasteiger partial charge in [-0.15, -0.1) is 0 Å². The lowest BCUT2D eigenvalue weighted by Crippen LogP contribution is -2.26. The number of hydrogen-bond acceptors (Lipinski definition) is 4. The lowest BCUT2D eigenvalue weighted by molar-refractivity contribution is -0.385. The summed E-state index contributed by atoms with van der Waals surface area (Å²) in [6, 6.07) is 1.37. The molecule has 0 amide bonds. The summed E-state index contributed by atoms with van der Waals surface area (Å²) in [5.74, 6) is 0.657. The van der Waals surface area contributed by atoms with E-state index in [1.165, 1.54) is 18.7 Å². The molecule has 1 fully saturated rings. The van der Waals surface area contributed by atoms with Crippen molar-refractivity contribution in [2.75, 3.05) is 18.0 Å². The van der Waals surface area contributed by atoms with Crippen LogP contribution in [-0.4, -0.2) is 23.0 Å². The van der Waals surface area contributed by atoms with Crippen LogP contribution in [0.5, 0.6) is 0 Å². The quantitative estimate of drug-likeness (QED) is 0.614. The zero-order chi connectivity index (χ0) is 14.0. The molecular formula is C13H18ClN3O2. The number of nitrogens with zero attached hydrogens (tertiary/aromatic N) is 3. The first-order chi connectivity index (χ1) is 8.89. The third-order valence-corrected chi connectivity index (χ3v) is 3.94. The first-order valence-corrected chi connectivity index (χ1v) is 6.82. The number of pyridine rings is 1. The molecule has 1 aromatic rings. The van der Waals surface area contributed by atoms with Gasteiger partial charge in [0, 0.05) is 19.2 Å². The second-order valence-electron chi connectivity index (χ2n) is 5.76. The smallest absolute Gasteiger partial charge is 0.289 e. The Morgan fingerprint density at radius 3 is 2.79 bits per heavy atom. The third-order valence-electron chi connectivity index (χ3n) is 3.66. The molecule has 1 aromatic heterocycles. The van der Waals surface area contributed by atoms with E-state index in [1.807, 2.05) is 0 Å². The van der Waals surface area contributed by atoms with E-state index < -0.39 is 4.92 Å². The molecule has 5 nitrogen and oxygen atoms in total. The number of rotatable bonds is 2. The molecule has 1 saturated heterocycles. The van der Waals surface area contributed by atoms with Gasteiger partial charge in [0.2, 0.25) is 0 Å². The van der Waals surface area contributed by atoms with Crippen LogP contribution >= 0.6 is 11.6 Å². The van der Waals surface area contributed by atoms with E-state index in [-0.39, 0.29) is 5.69 Å². The van der Waals surface area contributed by atoms with Crippen molar-refractivity contribution in [1.29, 1.82) is 0 Å². The molecule has 0 atom stereocenters. The number of anilines is 1. The Morgan fingerprint density at radius 1 is 1.42 bits per heavy atom. The average Bonchev–Trinajstić information content (AvgIpc) is 2.50. The second kappa shape index (κ2) is 5.33. The third kappa shape index (κ3) is 3.35. The number of hydrogen-bond donors (Lipinski definition) is 0. The molecule has 104 valence electrons. The summed E-state index contributed by atoms with van der Waals surface area (Å²) in [6.07, 6.45) is 4.61. The van der Waals surface area contributed by atoms with Crippen LogP contribution in [0.2, 0.25) is 5.02 Å². The molecule has 2 rings (SSSR count). The SMILES string of the molecule is CC1(C)CCCN(c2ncc([N+](=O)[O-])cc2Cl)CC1. The van der Waals surface area contributed by atoms with Gasteiger partial charge in [-0.2, -0.15) is 0 Å². The molecule has 0 unspecified atom stereocenters. The van der Waals surface area contributed by atoms with Crippen molar-refractivity contribution in [3.05, 3.63) is 27.4 Å². The van der Waals surface area contributed by atoms with Crippen molar-refractivity contribution < 1.29 is 4.92 Å². The summed E-state index contributed by atoms with van der Waals surface area (Å²) in [7, 11) is 0. The Hall–Kier alpha value is -1.36. The Labute approximate surface area is 117 Å². The van der Waals surface area contributed by atoms with Crippen molar-refractivity contribution in [2.45, 2.75) is 33.1 Å². The number of nitro groups is 1. The van der Waals surface area contributed by atoms with Gasteiger partial charge in [-0.3, -0.25) is 10.1 Å². The van der Waals surface area contributed by atoms with Gasteiger partial charge in [-0.05, 0) is 24.7 Å². The molecule has 1 aliphatic rings. The lowest BCUT2D eigenvalue weighted by atomic mass is 9.85. The maximum Gasteiger partial charge on any atom is 0.289 e. The van der Waals surface area contributed by atoms with Crippen molar-refractivity contribution in [3.8, 4) is 0 Å². The molecule has 6 heteroatoms. The minimum atomic E-state index is -0.478. The van der Waals surface area contributed by atoms with Gasteiger partial charge in [0.05, 0.1) is 9.95 Å². The van der Waals surface area contributed by atoms with E-state index in [0.29, 0.717) is 16.3 Å². The highest BCUT2D eigenvalue weighted by Crippen LogP contribution is 2.34. The molecule has 0 spiro atoms. The summed E-state index contributed by atoms with van der Waals surface area (Å²) >= 11 is 6.12. The minimum absolute atomic E-state index is 0.0658. The summed E-state index contributed by atoms with van der Waals surface area (Å²) in [5.41, 5.74) is 0.269. The highest BCUT2D eigenvalue weighted by Gasteiger charge is 2.25. The van der Waals surface area contributed by atoms with Gasteiger partial charge in [0.1, 0.15) is 12.0 Å². The van der Waals surface area contributed by atoms with Crippen molar-refractivity contribution in [3.63, 3.8) is 0 Å². The van der Waals surface area contributed by atoms with E-state index in [2.05, 4.69) is 23.7 Å². The van der Waals surface area contributed by atoms with Gasteiger partial charge in [0.15, 0.2) is 0 Å². The molecule has 1 aliphatic heterocycles. The maximum absolute atomic E-state index is 10.7. The Balaban J connectivity index is 2.20. The van der Waals surface area contributed by atoms with E-state index >= 15 is 0 Å². The van der Waals surface area contributed by atoms with E-state index in [9.17, 15) is 10.1 Å². The standard InChI is InChI=1S/C13H18ClN3O2/c1-13(2)4-3-6-16(7-5-13)12-11(14)8-10(9-15-12)17(18)19/h8-9H,3-7H2,1-2H3. The molecule has 0 N–H and O–H groups in total. The molecule has 0 aliphatic carbocycles. The molecule has 0 radical (unpaired) electrons. The molecular weight excluding hydrogens is 266 g/mol. The zero-order valence-corrected chi connectivity index (χ0v) is 12.0. The lowest BCUT2D eigenvalue weighted by Gasteiger charge is -2.24. The van der Waals surface area contributed by atoms with E-state index in [1.54, 1.807) is 0 Å². The molecule has 0 saturated carbocycles. The normalized spacial score (nSPS) is 19.0. The Kier molecular flexibility index (Phi) is 3.94. The van der Waals surface area contributed by atoms with Gasteiger partial charge >= 0.3 is 0 Å². The second-order valence-corrected chi connectivity index (χ2v) is 6.17. The number of aromatic nitrogens is 1. The summed E-state index contributed by atoms with van der Waals surface area (Å²) < 4.78 is 0. The van der Waals surface area contributed by atoms with Crippen LogP contribution in [0.3, 0.4) is 0 Å². The monoisotopic (exact) mass is 283 g/mol. The largest absolute Gasteiger partial charge is 0.355 e. The summed E-state index contributed by atoms with van der Waals surface area (Å²) in [6.45, 7) is 6.31. The predicted molar refractivity (Wildman–Crippen MR) is 75.7 cm³/mol. The molecule has 19 heavy (non-hydrogen) atoms. The molecule has 2 heterocycles. The zero-order valence-electron chi connectivity index (χ0n) is 11.2. The highest BCUT2D eigenvalue weighted by molar-refractivity contribution is 6.33. The Bertz CT molecular complexity index is 491. The van der Waals surface area contributed by atoms with Crippen LogP contribution in [0.1, 0.15) is 33.1 Å². The fourth-order valence-corrected chi connectivity index (χ4v) is 2.67. The van der Waals surface area contributed by atoms with Crippen molar-refractivity contribution >= 4 is 23.1 Å². The fourth-order valence-electron chi connectivity index (χ4n) is 2.39. The van der Waals surface area contributed by atoms with Gasteiger partial charge < -0.3 is 4.90 Å². The molecule has 0 bridgehead atoms. The predicted octanol–water partition coefficient (Wildman–Crippen LogP) is 3.66. The van der Waals surface area contributed by atoms with E-state index in [0.717, 1.165) is 25.9 Å². The first-order valence-electron chi connectivity index (χ1n) is 6.44.